The normalized spacial score (nSPS) is 16.8. The molecule has 1 aliphatic heterocycles. The van der Waals surface area contributed by atoms with Gasteiger partial charge in [0.25, 0.3) is 0 Å². The Morgan fingerprint density at radius 2 is 1.87 bits per heavy atom. The number of rotatable bonds is 1. The molecule has 0 aromatic heterocycles. The molecular formula is C11H16ClMgNO. The van der Waals surface area contributed by atoms with E-state index in [1.54, 1.807) is 0 Å². The second-order valence-corrected chi connectivity index (χ2v) is 3.88. The van der Waals surface area contributed by atoms with Gasteiger partial charge in [0.2, 0.25) is 5.90 Å². The minimum atomic E-state index is -0.0643. The predicted molar refractivity (Wildman–Crippen MR) is 68.2 cm³/mol. The molecule has 1 aromatic carbocycles. The van der Waals surface area contributed by atoms with Gasteiger partial charge in [-0.05, 0) is 26.0 Å². The molecule has 0 atom stereocenters. The van der Waals surface area contributed by atoms with E-state index < -0.39 is 0 Å². The summed E-state index contributed by atoms with van der Waals surface area (Å²) in [7, 11) is 0. The molecular weight excluding hydrogens is 222 g/mol. The number of halogens is 1. The summed E-state index contributed by atoms with van der Waals surface area (Å²) in [5.41, 5.74) is 0.999. The van der Waals surface area contributed by atoms with Gasteiger partial charge in [0.15, 0.2) is 0 Å². The summed E-state index contributed by atoms with van der Waals surface area (Å²) in [5, 5.41) is 0. The second-order valence-electron chi connectivity index (χ2n) is 3.88. The Morgan fingerprint density at radius 3 is 2.33 bits per heavy atom. The second kappa shape index (κ2) is 5.73. The van der Waals surface area contributed by atoms with Crippen molar-refractivity contribution in [2.24, 2.45) is 4.99 Å². The molecule has 4 heteroatoms. The van der Waals surface area contributed by atoms with Gasteiger partial charge in [-0.1, -0.05) is 18.2 Å². The predicted octanol–water partition coefficient (Wildman–Crippen LogP) is 2.51. The van der Waals surface area contributed by atoms with Crippen molar-refractivity contribution < 1.29 is 7.59 Å². The number of ether oxygens (including phenoxy) is 1. The standard InChI is InChI=1S/C11H13NO.ClH.Mg.2H/c1-11(2)8-13-10(12-11)9-6-4-3-5-7-9;;;;/h3-7H,8H2,1-2H3;1H;;;/q;;+2;2*-1. The van der Waals surface area contributed by atoms with Gasteiger partial charge in [-0.3, -0.25) is 0 Å². The van der Waals surface area contributed by atoms with Gasteiger partial charge in [-0.25, -0.2) is 4.99 Å². The quantitative estimate of drug-likeness (QED) is 0.689. The number of nitrogens with zero attached hydrogens (tertiary/aromatic N) is 1. The molecule has 0 fully saturated rings. The molecule has 0 aliphatic carbocycles. The third-order valence-corrected chi connectivity index (χ3v) is 1.99. The first kappa shape index (κ1) is 14.7. The Morgan fingerprint density at radius 1 is 1.27 bits per heavy atom. The minimum absolute atomic E-state index is 0. The van der Waals surface area contributed by atoms with E-state index in [9.17, 15) is 0 Å². The molecule has 0 saturated heterocycles. The molecule has 1 aromatic rings. The van der Waals surface area contributed by atoms with E-state index in [1.807, 2.05) is 30.3 Å². The van der Waals surface area contributed by atoms with Gasteiger partial charge in [0.05, 0.1) is 5.54 Å². The Labute approximate surface area is 116 Å². The van der Waals surface area contributed by atoms with Crippen molar-refractivity contribution >= 4 is 41.4 Å². The first-order valence-electron chi connectivity index (χ1n) is 4.45. The monoisotopic (exact) mass is 237 g/mol. The number of benzene rings is 1. The molecule has 0 saturated carbocycles. The van der Waals surface area contributed by atoms with Gasteiger partial charge in [-0.2, -0.15) is 0 Å². The van der Waals surface area contributed by atoms with Gasteiger partial charge in [0.1, 0.15) is 6.61 Å². The maximum absolute atomic E-state index is 5.50. The number of hydrogen-bond donors (Lipinski definition) is 0. The molecule has 15 heavy (non-hydrogen) atoms. The van der Waals surface area contributed by atoms with E-state index in [2.05, 4.69) is 18.8 Å². The molecule has 1 aliphatic rings. The molecule has 0 amide bonds. The van der Waals surface area contributed by atoms with E-state index in [1.165, 1.54) is 0 Å². The van der Waals surface area contributed by atoms with Crippen LogP contribution < -0.4 is 0 Å². The maximum Gasteiger partial charge on any atom is 2.00 e. The molecule has 0 N–H and O–H groups in total. The van der Waals surface area contributed by atoms with Gasteiger partial charge >= 0.3 is 23.1 Å². The van der Waals surface area contributed by atoms with Crippen molar-refractivity contribution in [3.8, 4) is 0 Å². The summed E-state index contributed by atoms with van der Waals surface area (Å²) in [4.78, 5) is 4.49. The van der Waals surface area contributed by atoms with Crippen molar-refractivity contribution in [2.75, 3.05) is 6.61 Å². The van der Waals surface area contributed by atoms with Crippen molar-refractivity contribution in [3.05, 3.63) is 35.9 Å². The van der Waals surface area contributed by atoms with E-state index in [0.29, 0.717) is 6.61 Å². The van der Waals surface area contributed by atoms with Crippen LogP contribution in [0.4, 0.5) is 0 Å². The van der Waals surface area contributed by atoms with Crippen LogP contribution >= 0.6 is 12.4 Å². The van der Waals surface area contributed by atoms with Crippen molar-refractivity contribution in [1.29, 1.82) is 0 Å². The Kier molecular flexibility index (Phi) is 5.63. The van der Waals surface area contributed by atoms with Crippen LogP contribution in [0.3, 0.4) is 0 Å². The summed E-state index contributed by atoms with van der Waals surface area (Å²) < 4.78 is 5.50. The summed E-state index contributed by atoms with van der Waals surface area (Å²) in [6.07, 6.45) is 0. The van der Waals surface area contributed by atoms with Crippen LogP contribution in [0.2, 0.25) is 0 Å². The summed E-state index contributed by atoms with van der Waals surface area (Å²) in [5.74, 6) is 0.769. The van der Waals surface area contributed by atoms with Crippen molar-refractivity contribution in [2.45, 2.75) is 19.4 Å². The van der Waals surface area contributed by atoms with E-state index in [0.717, 1.165) is 11.5 Å². The fourth-order valence-corrected chi connectivity index (χ4v) is 1.31. The molecule has 0 unspecified atom stereocenters. The molecule has 2 nitrogen and oxygen atoms in total. The van der Waals surface area contributed by atoms with Crippen LogP contribution in [0.15, 0.2) is 35.3 Å². The fourth-order valence-electron chi connectivity index (χ4n) is 1.31. The van der Waals surface area contributed by atoms with Crippen molar-refractivity contribution in [3.63, 3.8) is 0 Å². The summed E-state index contributed by atoms with van der Waals surface area (Å²) >= 11 is 0. The average molecular weight is 238 g/mol. The van der Waals surface area contributed by atoms with Crippen LogP contribution in [-0.4, -0.2) is 41.1 Å². The zero-order valence-corrected chi connectivity index (χ0v) is 11.3. The van der Waals surface area contributed by atoms with Crippen LogP contribution in [0, 0.1) is 0 Å². The fraction of sp³-hybridized carbons (Fsp3) is 0.364. The Bertz CT molecular complexity index is 347. The third kappa shape index (κ3) is 3.67. The molecule has 80 valence electrons. The number of hydrogen-bond acceptors (Lipinski definition) is 2. The number of aliphatic imine (C=N–C) groups is 1. The molecule has 2 rings (SSSR count). The average Bonchev–Trinajstić information content (AvgIpc) is 2.48. The molecule has 0 spiro atoms. The van der Waals surface area contributed by atoms with Crippen LogP contribution in [0.1, 0.15) is 22.3 Å². The first-order valence-corrected chi connectivity index (χ1v) is 4.45. The Hall–Kier alpha value is -0.254. The van der Waals surface area contributed by atoms with E-state index in [4.69, 9.17) is 4.74 Å². The topological polar surface area (TPSA) is 21.6 Å². The van der Waals surface area contributed by atoms with E-state index in [-0.39, 0.29) is 43.9 Å². The Balaban J connectivity index is -0.000000490. The molecule has 1 heterocycles. The minimum Gasteiger partial charge on any atom is -1.00 e. The zero-order chi connectivity index (χ0) is 9.31. The maximum atomic E-state index is 5.50. The van der Waals surface area contributed by atoms with Gasteiger partial charge < -0.3 is 7.59 Å². The largest absolute Gasteiger partial charge is 2.00 e. The SMILES string of the molecule is CC1(C)COC(c2ccccc2)=N1.Cl.[H-].[H-].[Mg+2]. The van der Waals surface area contributed by atoms with Crippen LogP contribution in [0.5, 0.6) is 0 Å². The van der Waals surface area contributed by atoms with Crippen molar-refractivity contribution in [1.82, 2.24) is 0 Å². The summed E-state index contributed by atoms with van der Waals surface area (Å²) in [6.45, 7) is 4.82. The van der Waals surface area contributed by atoms with Gasteiger partial charge in [-0.15, -0.1) is 12.4 Å². The van der Waals surface area contributed by atoms with E-state index >= 15 is 0 Å². The molecule has 0 radical (unpaired) electrons. The van der Waals surface area contributed by atoms with Gasteiger partial charge in [0, 0.05) is 5.56 Å². The van der Waals surface area contributed by atoms with Crippen LogP contribution in [0.25, 0.3) is 0 Å². The smallest absolute Gasteiger partial charge is 1.00 e. The first-order chi connectivity index (χ1) is 6.17. The van der Waals surface area contributed by atoms with Crippen LogP contribution in [-0.2, 0) is 4.74 Å². The zero-order valence-electron chi connectivity index (χ0n) is 11.1. The third-order valence-electron chi connectivity index (χ3n) is 1.99. The molecule has 0 bridgehead atoms. The summed E-state index contributed by atoms with van der Waals surface area (Å²) in [6, 6.07) is 10.0.